The molecule has 2 aliphatic heterocycles. The van der Waals surface area contributed by atoms with Gasteiger partial charge in [-0.2, -0.15) is 0 Å². The fourth-order valence-electron chi connectivity index (χ4n) is 2.35. The predicted molar refractivity (Wildman–Crippen MR) is 59.8 cm³/mol. The van der Waals surface area contributed by atoms with Gasteiger partial charge < -0.3 is 28.5 Å². The Morgan fingerprint density at radius 2 is 1.06 bits per heavy atom. The Labute approximate surface area is 106 Å². The first-order chi connectivity index (χ1) is 8.28. The summed E-state index contributed by atoms with van der Waals surface area (Å²) in [4.78, 5) is 22.1. The first-order valence-electron chi connectivity index (χ1n) is 5.90. The number of carbonyl (C=O) groups excluding carboxylic acids is 2. The van der Waals surface area contributed by atoms with Crippen LogP contribution in [0.1, 0.15) is 27.7 Å². The van der Waals surface area contributed by atoms with Crippen LogP contribution >= 0.6 is 0 Å². The minimum absolute atomic E-state index is 0.644. The SMILES string of the molecule is CC1(C)O[C@H]([C@H]2OC(C)(C)O[C@H]2C=O)[C@H](C=O)O1. The lowest BCUT2D eigenvalue weighted by Crippen LogP contribution is -2.43. The molecule has 0 amide bonds. The molecule has 6 nitrogen and oxygen atoms in total. The van der Waals surface area contributed by atoms with Crippen LogP contribution in [-0.2, 0) is 28.5 Å². The Hall–Kier alpha value is -0.820. The highest BCUT2D eigenvalue weighted by Gasteiger charge is 2.53. The largest absolute Gasteiger partial charge is 0.341 e. The normalized spacial score (nSPS) is 41.8. The van der Waals surface area contributed by atoms with Crippen molar-refractivity contribution >= 4 is 12.6 Å². The van der Waals surface area contributed by atoms with E-state index in [9.17, 15) is 9.59 Å². The molecule has 2 rings (SSSR count). The minimum Gasteiger partial charge on any atom is -0.341 e. The molecule has 0 saturated carbocycles. The van der Waals surface area contributed by atoms with Crippen molar-refractivity contribution in [2.75, 3.05) is 0 Å². The van der Waals surface area contributed by atoms with Crippen LogP contribution in [0.2, 0.25) is 0 Å². The second-order valence-electron chi connectivity index (χ2n) is 5.40. The van der Waals surface area contributed by atoms with E-state index in [1.165, 1.54) is 0 Å². The maximum Gasteiger partial charge on any atom is 0.164 e. The third-order valence-electron chi connectivity index (χ3n) is 2.92. The van der Waals surface area contributed by atoms with E-state index < -0.39 is 36.0 Å². The summed E-state index contributed by atoms with van der Waals surface area (Å²) in [7, 11) is 0. The van der Waals surface area contributed by atoms with Crippen LogP contribution < -0.4 is 0 Å². The molecular formula is C12H18O6. The third-order valence-corrected chi connectivity index (χ3v) is 2.92. The fourth-order valence-corrected chi connectivity index (χ4v) is 2.35. The van der Waals surface area contributed by atoms with Crippen molar-refractivity contribution < 1.29 is 28.5 Å². The molecule has 102 valence electrons. The summed E-state index contributed by atoms with van der Waals surface area (Å²) in [5.74, 6) is -1.75. The molecule has 18 heavy (non-hydrogen) atoms. The summed E-state index contributed by atoms with van der Waals surface area (Å²) in [6, 6.07) is 0. The Morgan fingerprint density at radius 3 is 1.33 bits per heavy atom. The highest BCUT2D eigenvalue weighted by molar-refractivity contribution is 5.61. The Balaban J connectivity index is 2.20. The van der Waals surface area contributed by atoms with Gasteiger partial charge in [0.1, 0.15) is 24.4 Å². The number of hydrogen-bond acceptors (Lipinski definition) is 6. The lowest BCUT2D eigenvalue weighted by Gasteiger charge is -2.23. The summed E-state index contributed by atoms with van der Waals surface area (Å²) >= 11 is 0. The molecule has 2 fully saturated rings. The Morgan fingerprint density at radius 1 is 0.722 bits per heavy atom. The van der Waals surface area contributed by atoms with Crippen LogP contribution in [0.3, 0.4) is 0 Å². The molecule has 0 radical (unpaired) electrons. The molecule has 0 aromatic heterocycles. The summed E-state index contributed by atoms with van der Waals surface area (Å²) in [5.41, 5.74) is 0. The second kappa shape index (κ2) is 4.38. The first-order valence-corrected chi connectivity index (χ1v) is 5.90. The van der Waals surface area contributed by atoms with Crippen LogP contribution in [0.15, 0.2) is 0 Å². The smallest absolute Gasteiger partial charge is 0.164 e. The van der Waals surface area contributed by atoms with Gasteiger partial charge in [0.25, 0.3) is 0 Å². The minimum atomic E-state index is -0.875. The lowest BCUT2D eigenvalue weighted by atomic mass is 10.0. The van der Waals surface area contributed by atoms with Gasteiger partial charge in [-0.25, -0.2) is 0 Å². The Bertz CT molecular complexity index is 316. The summed E-state index contributed by atoms with van der Waals surface area (Å²) < 4.78 is 22.2. The first kappa shape index (κ1) is 13.6. The molecule has 0 aliphatic carbocycles. The molecule has 4 atom stereocenters. The third kappa shape index (κ3) is 2.47. The number of aldehydes is 2. The molecular weight excluding hydrogens is 240 g/mol. The van der Waals surface area contributed by atoms with Gasteiger partial charge in [-0.05, 0) is 27.7 Å². The van der Waals surface area contributed by atoms with Gasteiger partial charge in [0.05, 0.1) is 0 Å². The zero-order valence-electron chi connectivity index (χ0n) is 10.9. The van der Waals surface area contributed by atoms with Crippen molar-refractivity contribution in [3.8, 4) is 0 Å². The van der Waals surface area contributed by atoms with Crippen molar-refractivity contribution in [1.82, 2.24) is 0 Å². The van der Waals surface area contributed by atoms with E-state index >= 15 is 0 Å². The summed E-state index contributed by atoms with van der Waals surface area (Å²) in [5, 5.41) is 0. The molecule has 0 aromatic carbocycles. The summed E-state index contributed by atoms with van der Waals surface area (Å²) in [6.45, 7) is 6.83. The summed E-state index contributed by atoms with van der Waals surface area (Å²) in [6.07, 6.45) is -1.48. The van der Waals surface area contributed by atoms with Crippen molar-refractivity contribution in [3.63, 3.8) is 0 Å². The van der Waals surface area contributed by atoms with Crippen LogP contribution in [0.4, 0.5) is 0 Å². The van der Waals surface area contributed by atoms with Gasteiger partial charge in [0.2, 0.25) is 0 Å². The Kier molecular flexibility index (Phi) is 3.31. The van der Waals surface area contributed by atoms with E-state index in [0.717, 1.165) is 0 Å². The van der Waals surface area contributed by atoms with E-state index in [1.54, 1.807) is 27.7 Å². The molecule has 0 unspecified atom stereocenters. The zero-order chi connectivity index (χ0) is 13.6. The van der Waals surface area contributed by atoms with Gasteiger partial charge in [0.15, 0.2) is 24.1 Å². The van der Waals surface area contributed by atoms with Gasteiger partial charge >= 0.3 is 0 Å². The monoisotopic (exact) mass is 258 g/mol. The van der Waals surface area contributed by atoms with E-state index in [4.69, 9.17) is 18.9 Å². The molecule has 2 aliphatic rings. The van der Waals surface area contributed by atoms with Gasteiger partial charge in [-0.1, -0.05) is 0 Å². The quantitative estimate of drug-likeness (QED) is 0.683. The molecule has 2 heterocycles. The van der Waals surface area contributed by atoms with Gasteiger partial charge in [0, 0.05) is 0 Å². The van der Waals surface area contributed by atoms with Crippen molar-refractivity contribution in [1.29, 1.82) is 0 Å². The predicted octanol–water partition coefficient (Wildman–Crippen LogP) is 0.424. The number of hydrogen-bond donors (Lipinski definition) is 0. The van der Waals surface area contributed by atoms with Crippen molar-refractivity contribution in [2.24, 2.45) is 0 Å². The molecule has 0 aromatic rings. The highest BCUT2D eigenvalue weighted by Crippen LogP contribution is 2.37. The number of rotatable bonds is 3. The zero-order valence-corrected chi connectivity index (χ0v) is 10.9. The second-order valence-corrected chi connectivity index (χ2v) is 5.40. The average Bonchev–Trinajstić information content (AvgIpc) is 2.74. The molecule has 2 saturated heterocycles. The number of carbonyl (C=O) groups is 2. The van der Waals surface area contributed by atoms with Gasteiger partial charge in [-0.3, -0.25) is 0 Å². The number of ether oxygens (including phenoxy) is 4. The lowest BCUT2D eigenvalue weighted by molar-refractivity contribution is -0.175. The van der Waals surface area contributed by atoms with E-state index in [-0.39, 0.29) is 0 Å². The molecule has 0 spiro atoms. The maximum absolute atomic E-state index is 11.0. The van der Waals surface area contributed by atoms with Crippen LogP contribution in [0.25, 0.3) is 0 Å². The van der Waals surface area contributed by atoms with Crippen molar-refractivity contribution in [3.05, 3.63) is 0 Å². The van der Waals surface area contributed by atoms with Gasteiger partial charge in [-0.15, -0.1) is 0 Å². The van der Waals surface area contributed by atoms with Crippen LogP contribution in [0, 0.1) is 0 Å². The maximum atomic E-state index is 11.0. The topological polar surface area (TPSA) is 71.1 Å². The standard InChI is InChI=1S/C12H18O6/c1-11(2)15-7(5-13)9(17-11)10-8(6-14)16-12(3,4)18-10/h5-10H,1-4H3/t7-,8-,9-,10-/m0/s1. The molecule has 6 heteroatoms. The fraction of sp³-hybridized carbons (Fsp3) is 0.833. The average molecular weight is 258 g/mol. The molecule has 0 bridgehead atoms. The highest BCUT2D eigenvalue weighted by atomic mass is 16.8. The van der Waals surface area contributed by atoms with E-state index in [0.29, 0.717) is 12.6 Å². The molecule has 0 N–H and O–H groups in total. The van der Waals surface area contributed by atoms with Crippen LogP contribution in [0.5, 0.6) is 0 Å². The van der Waals surface area contributed by atoms with Crippen molar-refractivity contribution in [2.45, 2.75) is 63.7 Å². The van der Waals surface area contributed by atoms with Crippen LogP contribution in [-0.4, -0.2) is 48.6 Å². The van der Waals surface area contributed by atoms with E-state index in [1.807, 2.05) is 0 Å². The van der Waals surface area contributed by atoms with E-state index in [2.05, 4.69) is 0 Å².